The highest BCUT2D eigenvalue weighted by atomic mass is 32.1. The average Bonchev–Trinajstić information content (AvgIpc) is 3.16. The molecule has 4 N–H and O–H groups in total. The zero-order chi connectivity index (χ0) is 30.3. The summed E-state index contributed by atoms with van der Waals surface area (Å²) in [4.78, 5) is 40.5. The largest absolute Gasteiger partial charge is 0.444 e. The van der Waals surface area contributed by atoms with E-state index >= 15 is 0 Å². The number of nitrogen functional groups attached to an aromatic ring is 1. The Balaban J connectivity index is 1.54. The number of rotatable bonds is 3. The number of ether oxygens (including phenoxy) is 1. The number of hydrogen-bond donors (Lipinski definition) is 3. The van der Waals surface area contributed by atoms with Crippen LogP contribution >= 0.6 is 11.3 Å². The van der Waals surface area contributed by atoms with Gasteiger partial charge in [-0.25, -0.2) is 14.8 Å². The highest BCUT2D eigenvalue weighted by Crippen LogP contribution is 2.45. The van der Waals surface area contributed by atoms with Crippen LogP contribution in [0.25, 0.3) is 0 Å². The quantitative estimate of drug-likeness (QED) is 0.357. The molecule has 1 aliphatic heterocycles. The van der Waals surface area contributed by atoms with Gasteiger partial charge in [-0.15, -0.1) is 11.3 Å². The second-order valence-corrected chi connectivity index (χ2v) is 13.8. The third-order valence-corrected chi connectivity index (χ3v) is 9.01. The van der Waals surface area contributed by atoms with E-state index in [1.165, 1.54) is 11.3 Å². The van der Waals surface area contributed by atoms with Crippen LogP contribution in [-0.4, -0.2) is 63.0 Å². The Morgan fingerprint density at radius 3 is 2.66 bits per heavy atom. The Hall–Kier alpha value is -3.72. The number of nitrogens with two attached hydrogens (primary N) is 1. The Morgan fingerprint density at radius 2 is 2.00 bits per heavy atom. The summed E-state index contributed by atoms with van der Waals surface area (Å²) >= 11 is 1.36. The highest BCUT2D eigenvalue weighted by Gasteiger charge is 2.44. The first-order valence-corrected chi connectivity index (χ1v) is 14.7. The van der Waals surface area contributed by atoms with Crippen molar-refractivity contribution in [1.29, 1.82) is 10.7 Å². The number of aromatic nitrogens is 2. The van der Waals surface area contributed by atoms with Crippen LogP contribution in [0.3, 0.4) is 0 Å². The minimum atomic E-state index is -0.981. The van der Waals surface area contributed by atoms with Gasteiger partial charge in [0.1, 0.15) is 22.4 Å². The smallest absolute Gasteiger partial charge is 0.410 e. The molecule has 220 valence electrons. The molecule has 0 saturated carbocycles. The number of hydrogen-bond acceptors (Lipinski definition) is 10. The monoisotopic (exact) mass is 580 g/mol. The number of aryl methyl sites for hydroxylation is 1. The molecule has 0 bridgehead atoms. The molecule has 0 radical (unpaired) electrons. The van der Waals surface area contributed by atoms with Gasteiger partial charge >= 0.3 is 6.09 Å². The zero-order valence-electron chi connectivity index (χ0n) is 24.9. The van der Waals surface area contributed by atoms with Crippen LogP contribution in [0.2, 0.25) is 0 Å². The number of nitrogens with zero attached hydrogens (tertiary/aromatic N) is 5. The van der Waals surface area contributed by atoms with Gasteiger partial charge in [0.05, 0.1) is 11.0 Å². The molecule has 1 saturated heterocycles. The van der Waals surface area contributed by atoms with Crippen LogP contribution in [0.15, 0.2) is 12.3 Å². The summed E-state index contributed by atoms with van der Waals surface area (Å²) in [7, 11) is 0. The van der Waals surface area contributed by atoms with Crippen LogP contribution in [0, 0.1) is 16.7 Å². The van der Waals surface area contributed by atoms with E-state index in [1.807, 2.05) is 53.4 Å². The molecule has 12 heteroatoms. The molecule has 2 aromatic rings. The fourth-order valence-electron chi connectivity index (χ4n) is 5.56. The SMILES string of the molecule is C[C@H]1CN(C(=O)OC(C)(C)C)C(C)(C)CCN1c1nccc(C(=N)NC(=O)[C@@]2(C)CCCc3sc(N)c(C#N)c32)n1. The van der Waals surface area contributed by atoms with Crippen LogP contribution in [0.5, 0.6) is 0 Å². The summed E-state index contributed by atoms with van der Waals surface area (Å²) in [6.07, 6.45) is 3.98. The van der Waals surface area contributed by atoms with Gasteiger partial charge in [-0.05, 0) is 80.2 Å². The molecular formula is C29H40N8O3S. The van der Waals surface area contributed by atoms with Crippen molar-refractivity contribution >= 4 is 40.1 Å². The summed E-state index contributed by atoms with van der Waals surface area (Å²) < 4.78 is 5.69. The standard InChI is InChI=1S/C29H40N8O3S/c1-17-16-37(26(39)40-27(2,3)4)28(5,6)12-14-36(17)25-33-13-10-19(34-25)22(31)35-24(38)29(7)11-8-9-20-21(29)18(15-30)23(32)41-20/h10,13,17H,8-9,11-12,14,16,32H2,1-7H3,(H2,31,35,38)/t17-,29-/m0/s1. The van der Waals surface area contributed by atoms with E-state index in [2.05, 4.69) is 21.4 Å². The maximum atomic E-state index is 13.6. The molecule has 2 aliphatic rings. The van der Waals surface area contributed by atoms with Crippen LogP contribution in [-0.2, 0) is 21.4 Å². The maximum Gasteiger partial charge on any atom is 0.410 e. The van der Waals surface area contributed by atoms with E-state index in [9.17, 15) is 14.9 Å². The molecule has 11 nitrogen and oxygen atoms in total. The van der Waals surface area contributed by atoms with Crippen molar-refractivity contribution < 1.29 is 14.3 Å². The molecule has 4 rings (SSSR count). The number of amides is 2. The van der Waals surface area contributed by atoms with Gasteiger partial charge in [0.15, 0.2) is 5.84 Å². The van der Waals surface area contributed by atoms with Crippen LogP contribution < -0.4 is 16.0 Å². The molecule has 2 amide bonds. The first kappa shape index (κ1) is 30.2. The van der Waals surface area contributed by atoms with Crippen molar-refractivity contribution in [2.24, 2.45) is 0 Å². The van der Waals surface area contributed by atoms with Gasteiger partial charge in [0, 0.05) is 41.3 Å². The van der Waals surface area contributed by atoms with Gasteiger partial charge < -0.3 is 25.6 Å². The Labute approximate surface area is 245 Å². The van der Waals surface area contributed by atoms with E-state index in [-0.39, 0.29) is 29.6 Å². The second kappa shape index (κ2) is 10.9. The summed E-state index contributed by atoms with van der Waals surface area (Å²) in [5, 5.41) is 21.6. The number of nitrogens with one attached hydrogen (secondary N) is 2. The molecule has 3 heterocycles. The van der Waals surface area contributed by atoms with E-state index in [0.29, 0.717) is 48.0 Å². The maximum absolute atomic E-state index is 13.6. The topological polar surface area (TPSA) is 161 Å². The number of anilines is 2. The van der Waals surface area contributed by atoms with Gasteiger partial charge in [0.2, 0.25) is 11.9 Å². The molecule has 2 atom stereocenters. The van der Waals surface area contributed by atoms with Crippen molar-refractivity contribution in [3.05, 3.63) is 34.0 Å². The molecule has 1 fully saturated rings. The highest BCUT2D eigenvalue weighted by molar-refractivity contribution is 7.16. The average molecular weight is 581 g/mol. The Kier molecular flexibility index (Phi) is 8.06. The lowest BCUT2D eigenvalue weighted by atomic mass is 9.72. The normalized spacial score (nSPS) is 22.2. The first-order valence-electron chi connectivity index (χ1n) is 13.9. The third kappa shape index (κ3) is 6.00. The molecule has 2 aromatic heterocycles. The van der Waals surface area contributed by atoms with Gasteiger partial charge in [-0.3, -0.25) is 10.2 Å². The number of carbonyl (C=O) groups is 2. The Bertz CT molecular complexity index is 1410. The molecule has 41 heavy (non-hydrogen) atoms. The third-order valence-electron chi connectivity index (χ3n) is 7.94. The number of thiophene rings is 1. The van der Waals surface area contributed by atoms with E-state index in [1.54, 1.807) is 17.2 Å². The Morgan fingerprint density at radius 1 is 1.29 bits per heavy atom. The van der Waals surface area contributed by atoms with Gasteiger partial charge in [-0.2, -0.15) is 5.26 Å². The lowest BCUT2D eigenvalue weighted by Gasteiger charge is -2.38. The summed E-state index contributed by atoms with van der Waals surface area (Å²) in [6.45, 7) is 14.4. The minimum absolute atomic E-state index is 0.128. The fraction of sp³-hybridized carbons (Fsp3) is 0.586. The predicted molar refractivity (Wildman–Crippen MR) is 159 cm³/mol. The number of carbonyl (C=O) groups excluding carboxylic acids is 2. The summed E-state index contributed by atoms with van der Waals surface area (Å²) in [5.74, 6) is -0.0953. The van der Waals surface area contributed by atoms with Crippen molar-refractivity contribution in [2.45, 2.75) is 96.7 Å². The summed E-state index contributed by atoms with van der Waals surface area (Å²) in [6, 6.07) is 3.63. The second-order valence-electron chi connectivity index (χ2n) is 12.7. The zero-order valence-corrected chi connectivity index (χ0v) is 25.7. The predicted octanol–water partition coefficient (Wildman–Crippen LogP) is 4.34. The number of amidine groups is 1. The van der Waals surface area contributed by atoms with Gasteiger partial charge in [0.25, 0.3) is 0 Å². The summed E-state index contributed by atoms with van der Waals surface area (Å²) in [5.41, 5.74) is 5.37. The minimum Gasteiger partial charge on any atom is -0.444 e. The molecule has 0 aromatic carbocycles. The molecule has 0 spiro atoms. The van der Waals surface area contributed by atoms with E-state index < -0.39 is 16.6 Å². The number of fused-ring (bicyclic) bond motifs is 1. The molecule has 0 unspecified atom stereocenters. The van der Waals surface area contributed by atoms with E-state index in [0.717, 1.165) is 17.7 Å². The molecule has 1 aliphatic carbocycles. The van der Waals surface area contributed by atoms with Crippen molar-refractivity contribution in [3.8, 4) is 6.07 Å². The van der Waals surface area contributed by atoms with Gasteiger partial charge in [-0.1, -0.05) is 0 Å². The van der Waals surface area contributed by atoms with E-state index in [4.69, 9.17) is 15.9 Å². The van der Waals surface area contributed by atoms with Crippen molar-refractivity contribution in [3.63, 3.8) is 0 Å². The lowest BCUT2D eigenvalue weighted by Crippen LogP contribution is -2.51. The van der Waals surface area contributed by atoms with Crippen molar-refractivity contribution in [2.75, 3.05) is 23.7 Å². The lowest BCUT2D eigenvalue weighted by molar-refractivity contribution is -0.125. The van der Waals surface area contributed by atoms with Crippen LogP contribution in [0.4, 0.5) is 15.7 Å². The fourth-order valence-corrected chi connectivity index (χ4v) is 6.75. The van der Waals surface area contributed by atoms with Crippen LogP contribution in [0.1, 0.15) is 89.4 Å². The number of nitriles is 1. The first-order chi connectivity index (χ1) is 19.1. The van der Waals surface area contributed by atoms with Crippen molar-refractivity contribution in [1.82, 2.24) is 20.2 Å². The molecular weight excluding hydrogens is 540 g/mol.